The highest BCUT2D eigenvalue weighted by molar-refractivity contribution is 5.72. The Bertz CT molecular complexity index is 484. The van der Waals surface area contributed by atoms with Crippen LogP contribution in [-0.2, 0) is 16.0 Å². The van der Waals surface area contributed by atoms with E-state index in [9.17, 15) is 9.59 Å². The van der Waals surface area contributed by atoms with Gasteiger partial charge < -0.3 is 10.2 Å². The summed E-state index contributed by atoms with van der Waals surface area (Å²) in [4.78, 5) is 23.2. The maximum atomic E-state index is 10.8. The molecule has 0 saturated heterocycles. The molecule has 0 amide bonds. The second kappa shape index (κ2) is 6.52. The molecule has 20 heavy (non-hydrogen) atoms. The summed E-state index contributed by atoms with van der Waals surface area (Å²) >= 11 is 0. The zero-order valence-corrected chi connectivity index (χ0v) is 11.3. The van der Waals surface area contributed by atoms with Gasteiger partial charge in [0.25, 0.3) is 0 Å². The molecule has 1 aromatic carbocycles. The predicted octanol–water partition coefficient (Wildman–Crippen LogP) is 1.58. The minimum absolute atomic E-state index is 0.221. The molecule has 0 radical (unpaired) electrons. The molecule has 0 spiro atoms. The zero-order chi connectivity index (χ0) is 14.5. The van der Waals surface area contributed by atoms with Crippen LogP contribution in [0.2, 0.25) is 0 Å². The van der Waals surface area contributed by atoms with E-state index in [0.29, 0.717) is 6.54 Å². The lowest BCUT2D eigenvalue weighted by Gasteiger charge is -2.29. The fourth-order valence-corrected chi connectivity index (χ4v) is 2.92. The van der Waals surface area contributed by atoms with Gasteiger partial charge in [0.1, 0.15) is 0 Å². The molecule has 0 saturated carbocycles. The molecule has 5 nitrogen and oxygen atoms in total. The first-order valence-corrected chi connectivity index (χ1v) is 6.80. The summed E-state index contributed by atoms with van der Waals surface area (Å²) in [6, 6.07) is 8.16. The summed E-state index contributed by atoms with van der Waals surface area (Å²) in [5, 5.41) is 17.8. The van der Waals surface area contributed by atoms with E-state index < -0.39 is 11.9 Å². The van der Waals surface area contributed by atoms with Gasteiger partial charge in [-0.25, -0.2) is 0 Å². The standard InChI is InChI=1S/C15H19NO4/c17-14(18)9-16(10-15(19)20)8-12-6-3-5-11-4-1-2-7-13(11)12/h1-2,4,7,12H,3,5-6,8-10H2,(H,17,18)(H,19,20). The van der Waals surface area contributed by atoms with Gasteiger partial charge >= 0.3 is 11.9 Å². The SMILES string of the molecule is O=C(O)CN(CC(=O)O)CC1CCCc2ccccc21. The number of rotatable bonds is 6. The Morgan fingerprint density at radius 2 is 1.80 bits per heavy atom. The number of aliphatic carboxylic acids is 2. The molecule has 1 aliphatic carbocycles. The van der Waals surface area contributed by atoms with Crippen LogP contribution in [-0.4, -0.2) is 46.7 Å². The molecule has 1 aliphatic rings. The van der Waals surface area contributed by atoms with E-state index in [4.69, 9.17) is 10.2 Å². The topological polar surface area (TPSA) is 77.8 Å². The number of carboxylic acids is 2. The van der Waals surface area contributed by atoms with Crippen LogP contribution in [0.1, 0.15) is 29.9 Å². The normalized spacial score (nSPS) is 17.8. The van der Waals surface area contributed by atoms with Crippen molar-refractivity contribution in [3.8, 4) is 0 Å². The van der Waals surface area contributed by atoms with Crippen LogP contribution in [0.25, 0.3) is 0 Å². The predicted molar refractivity (Wildman–Crippen MR) is 73.8 cm³/mol. The Morgan fingerprint density at radius 1 is 1.15 bits per heavy atom. The van der Waals surface area contributed by atoms with E-state index >= 15 is 0 Å². The Labute approximate surface area is 117 Å². The van der Waals surface area contributed by atoms with Crippen LogP contribution in [0.5, 0.6) is 0 Å². The minimum atomic E-state index is -0.990. The minimum Gasteiger partial charge on any atom is -0.480 e. The van der Waals surface area contributed by atoms with Crippen LogP contribution in [0.3, 0.4) is 0 Å². The van der Waals surface area contributed by atoms with Crippen molar-refractivity contribution in [2.45, 2.75) is 25.2 Å². The van der Waals surface area contributed by atoms with Gasteiger partial charge in [0.2, 0.25) is 0 Å². The Kier molecular flexibility index (Phi) is 4.74. The van der Waals surface area contributed by atoms with Crippen molar-refractivity contribution in [2.75, 3.05) is 19.6 Å². The second-order valence-corrected chi connectivity index (χ2v) is 5.25. The van der Waals surface area contributed by atoms with Crippen molar-refractivity contribution in [1.82, 2.24) is 4.90 Å². The third kappa shape index (κ3) is 3.81. The molecule has 5 heteroatoms. The monoisotopic (exact) mass is 277 g/mol. The Balaban J connectivity index is 2.10. The third-order valence-electron chi connectivity index (χ3n) is 3.69. The molecule has 1 atom stereocenters. The summed E-state index contributed by atoms with van der Waals surface area (Å²) < 4.78 is 0. The number of aryl methyl sites for hydroxylation is 1. The molecule has 0 heterocycles. The molecular formula is C15H19NO4. The van der Waals surface area contributed by atoms with E-state index in [0.717, 1.165) is 19.3 Å². The number of fused-ring (bicyclic) bond motifs is 1. The Morgan fingerprint density at radius 3 is 2.45 bits per heavy atom. The molecule has 2 rings (SSSR count). The van der Waals surface area contributed by atoms with E-state index in [2.05, 4.69) is 12.1 Å². The van der Waals surface area contributed by atoms with Gasteiger partial charge in [0.05, 0.1) is 13.1 Å². The van der Waals surface area contributed by atoms with Gasteiger partial charge in [0.15, 0.2) is 0 Å². The van der Waals surface area contributed by atoms with E-state index in [1.165, 1.54) is 16.0 Å². The highest BCUT2D eigenvalue weighted by atomic mass is 16.4. The molecule has 0 fully saturated rings. The van der Waals surface area contributed by atoms with Gasteiger partial charge in [-0.3, -0.25) is 14.5 Å². The molecular weight excluding hydrogens is 258 g/mol. The average Bonchev–Trinajstić information content (AvgIpc) is 2.37. The van der Waals surface area contributed by atoms with Gasteiger partial charge in [-0.2, -0.15) is 0 Å². The smallest absolute Gasteiger partial charge is 0.317 e. The van der Waals surface area contributed by atoms with Crippen molar-refractivity contribution >= 4 is 11.9 Å². The maximum Gasteiger partial charge on any atom is 0.317 e. The highest BCUT2D eigenvalue weighted by Gasteiger charge is 2.24. The molecule has 0 bridgehead atoms. The number of hydrogen-bond acceptors (Lipinski definition) is 3. The summed E-state index contributed by atoms with van der Waals surface area (Å²) in [6.07, 6.45) is 3.09. The van der Waals surface area contributed by atoms with Gasteiger partial charge in [-0.05, 0) is 36.3 Å². The van der Waals surface area contributed by atoms with E-state index in [1.54, 1.807) is 0 Å². The summed E-state index contributed by atoms with van der Waals surface area (Å²) in [6.45, 7) is 0.0194. The molecule has 2 N–H and O–H groups in total. The van der Waals surface area contributed by atoms with Crippen molar-refractivity contribution in [1.29, 1.82) is 0 Å². The fourth-order valence-electron chi connectivity index (χ4n) is 2.92. The van der Waals surface area contributed by atoms with Crippen LogP contribution in [0.4, 0.5) is 0 Å². The fraction of sp³-hybridized carbons (Fsp3) is 0.467. The summed E-state index contributed by atoms with van der Waals surface area (Å²) in [7, 11) is 0. The molecule has 1 aromatic rings. The second-order valence-electron chi connectivity index (χ2n) is 5.25. The average molecular weight is 277 g/mol. The van der Waals surface area contributed by atoms with Crippen LogP contribution in [0.15, 0.2) is 24.3 Å². The van der Waals surface area contributed by atoms with Crippen molar-refractivity contribution in [3.05, 3.63) is 35.4 Å². The lowest BCUT2D eigenvalue weighted by Crippen LogP contribution is -2.38. The quantitative estimate of drug-likeness (QED) is 0.825. The first-order chi connectivity index (χ1) is 9.56. The van der Waals surface area contributed by atoms with Crippen LogP contribution in [0, 0.1) is 0 Å². The van der Waals surface area contributed by atoms with Gasteiger partial charge in [0, 0.05) is 6.54 Å². The summed E-state index contributed by atoms with van der Waals surface area (Å²) in [5.74, 6) is -1.76. The number of nitrogens with zero attached hydrogens (tertiary/aromatic N) is 1. The number of benzene rings is 1. The largest absolute Gasteiger partial charge is 0.480 e. The number of hydrogen-bond donors (Lipinski definition) is 2. The van der Waals surface area contributed by atoms with Gasteiger partial charge in [-0.1, -0.05) is 24.3 Å². The van der Waals surface area contributed by atoms with E-state index in [-0.39, 0.29) is 19.0 Å². The number of carboxylic acid groups (broad SMARTS) is 2. The lowest BCUT2D eigenvalue weighted by atomic mass is 9.82. The van der Waals surface area contributed by atoms with Crippen LogP contribution >= 0.6 is 0 Å². The number of carbonyl (C=O) groups is 2. The first kappa shape index (κ1) is 14.5. The Hall–Kier alpha value is -1.88. The highest BCUT2D eigenvalue weighted by Crippen LogP contribution is 2.31. The molecule has 1 unspecified atom stereocenters. The van der Waals surface area contributed by atoms with Crippen molar-refractivity contribution < 1.29 is 19.8 Å². The summed E-state index contributed by atoms with van der Waals surface area (Å²) in [5.41, 5.74) is 2.54. The van der Waals surface area contributed by atoms with Crippen molar-refractivity contribution in [2.24, 2.45) is 0 Å². The molecule has 0 aromatic heterocycles. The zero-order valence-electron chi connectivity index (χ0n) is 11.3. The maximum absolute atomic E-state index is 10.8. The van der Waals surface area contributed by atoms with E-state index in [1.807, 2.05) is 12.1 Å². The van der Waals surface area contributed by atoms with Gasteiger partial charge in [-0.15, -0.1) is 0 Å². The first-order valence-electron chi connectivity index (χ1n) is 6.80. The third-order valence-corrected chi connectivity index (χ3v) is 3.69. The van der Waals surface area contributed by atoms with Crippen LogP contribution < -0.4 is 0 Å². The van der Waals surface area contributed by atoms with Crippen molar-refractivity contribution in [3.63, 3.8) is 0 Å². The lowest BCUT2D eigenvalue weighted by molar-refractivity contribution is -0.141. The molecule has 108 valence electrons. The molecule has 0 aliphatic heterocycles.